The molecular weight excluding hydrogens is 340 g/mol. The number of thioether (sulfide) groups is 2. The van der Waals surface area contributed by atoms with Crippen molar-refractivity contribution in [3.63, 3.8) is 0 Å². The van der Waals surface area contributed by atoms with Crippen LogP contribution in [-0.2, 0) is 9.59 Å². The monoisotopic (exact) mass is 354 g/mol. The summed E-state index contributed by atoms with van der Waals surface area (Å²) in [6.07, 6.45) is 1.94. The first-order valence-corrected chi connectivity index (χ1v) is 9.27. The number of nitrogens with zero attached hydrogens (tertiary/aromatic N) is 2. The third kappa shape index (κ3) is 5.32. The number of amides is 2. The van der Waals surface area contributed by atoms with Crippen molar-refractivity contribution in [3.8, 4) is 0 Å². The molecule has 0 bridgehead atoms. The van der Waals surface area contributed by atoms with Gasteiger partial charge in [0.2, 0.25) is 11.8 Å². The Balaban J connectivity index is 1.82. The van der Waals surface area contributed by atoms with Crippen LogP contribution in [0.15, 0.2) is 32.9 Å². The molecule has 2 N–H and O–H groups in total. The molecule has 0 saturated heterocycles. The van der Waals surface area contributed by atoms with Crippen molar-refractivity contribution >= 4 is 58.0 Å². The molecule has 0 aliphatic carbocycles. The van der Waals surface area contributed by atoms with Crippen molar-refractivity contribution < 1.29 is 9.59 Å². The number of carbonyl (C=O) groups excluding carboxylic acids is 2. The minimum Gasteiger partial charge on any atom is -0.326 e. The summed E-state index contributed by atoms with van der Waals surface area (Å²) in [6.45, 7) is 1.45. The van der Waals surface area contributed by atoms with Crippen molar-refractivity contribution in [2.24, 2.45) is 0 Å². The topological polar surface area (TPSA) is 84.0 Å². The maximum atomic E-state index is 11.9. The largest absolute Gasteiger partial charge is 0.326 e. The normalized spacial score (nSPS) is 10.3. The third-order valence-electron chi connectivity index (χ3n) is 2.38. The summed E-state index contributed by atoms with van der Waals surface area (Å²) in [6, 6.07) is 6.95. The highest BCUT2D eigenvalue weighted by molar-refractivity contribution is 8.03. The minimum absolute atomic E-state index is 0.113. The summed E-state index contributed by atoms with van der Waals surface area (Å²) in [5, 5.41) is 13.4. The van der Waals surface area contributed by atoms with Gasteiger partial charge in [0, 0.05) is 18.3 Å². The van der Waals surface area contributed by atoms with Gasteiger partial charge >= 0.3 is 0 Å². The van der Waals surface area contributed by atoms with E-state index in [4.69, 9.17) is 0 Å². The average molecular weight is 354 g/mol. The number of anilines is 2. The first-order chi connectivity index (χ1) is 10.6. The van der Waals surface area contributed by atoms with Crippen molar-refractivity contribution in [1.82, 2.24) is 10.2 Å². The van der Waals surface area contributed by atoms with Gasteiger partial charge in [-0.05, 0) is 30.5 Å². The predicted octanol–water partition coefficient (Wildman–Crippen LogP) is 2.95. The fourth-order valence-corrected chi connectivity index (χ4v) is 3.74. The van der Waals surface area contributed by atoms with Gasteiger partial charge in [-0.25, -0.2) is 0 Å². The number of hydrogen-bond acceptors (Lipinski definition) is 7. The first kappa shape index (κ1) is 16.8. The number of rotatable bonds is 6. The summed E-state index contributed by atoms with van der Waals surface area (Å²) in [5.74, 6) is 0.0317. The average Bonchev–Trinajstić information content (AvgIpc) is 2.95. The second-order valence-corrected chi connectivity index (χ2v) is 7.39. The van der Waals surface area contributed by atoms with E-state index in [1.807, 2.05) is 6.26 Å². The molecule has 0 spiro atoms. The Morgan fingerprint density at radius 2 is 1.68 bits per heavy atom. The van der Waals surface area contributed by atoms with Crippen LogP contribution in [0, 0.1) is 0 Å². The molecule has 1 heterocycles. The van der Waals surface area contributed by atoms with E-state index in [0.29, 0.717) is 11.4 Å². The van der Waals surface area contributed by atoms with Crippen molar-refractivity contribution in [2.75, 3.05) is 22.6 Å². The van der Waals surface area contributed by atoms with E-state index >= 15 is 0 Å². The summed E-state index contributed by atoms with van der Waals surface area (Å²) in [4.78, 5) is 22.8. The van der Waals surface area contributed by atoms with Gasteiger partial charge in [0.25, 0.3) is 0 Å². The Hall–Kier alpha value is -1.58. The smallest absolute Gasteiger partial charge is 0.234 e. The summed E-state index contributed by atoms with van der Waals surface area (Å²) in [7, 11) is 0. The molecule has 22 heavy (non-hydrogen) atoms. The second kappa shape index (κ2) is 8.16. The van der Waals surface area contributed by atoms with Crippen molar-refractivity contribution in [1.29, 1.82) is 0 Å². The molecule has 1 aromatic heterocycles. The van der Waals surface area contributed by atoms with Crippen LogP contribution >= 0.6 is 34.9 Å². The van der Waals surface area contributed by atoms with Crippen LogP contribution in [-0.4, -0.2) is 34.0 Å². The van der Waals surface area contributed by atoms with E-state index in [-0.39, 0.29) is 17.6 Å². The lowest BCUT2D eigenvalue weighted by Gasteiger charge is -2.06. The highest BCUT2D eigenvalue weighted by Gasteiger charge is 2.08. The Labute approximate surface area is 140 Å². The zero-order valence-corrected chi connectivity index (χ0v) is 14.4. The number of aromatic nitrogens is 2. The lowest BCUT2D eigenvalue weighted by molar-refractivity contribution is -0.114. The van der Waals surface area contributed by atoms with E-state index in [0.717, 1.165) is 8.68 Å². The Kier molecular flexibility index (Phi) is 6.22. The zero-order chi connectivity index (χ0) is 15.9. The third-order valence-corrected chi connectivity index (χ3v) is 5.41. The number of carbonyl (C=O) groups is 2. The van der Waals surface area contributed by atoms with Crippen LogP contribution in [0.1, 0.15) is 6.92 Å². The van der Waals surface area contributed by atoms with Crippen LogP contribution < -0.4 is 10.6 Å². The van der Waals surface area contributed by atoms with Gasteiger partial charge in [-0.15, -0.1) is 10.2 Å². The summed E-state index contributed by atoms with van der Waals surface area (Å²) < 4.78 is 1.66. The SMILES string of the molecule is CSc1nnc(SCC(=O)Nc2ccc(NC(C)=O)cc2)s1. The molecule has 6 nitrogen and oxygen atoms in total. The highest BCUT2D eigenvalue weighted by Crippen LogP contribution is 2.27. The zero-order valence-electron chi connectivity index (χ0n) is 12.0. The summed E-state index contributed by atoms with van der Waals surface area (Å²) >= 11 is 4.36. The summed E-state index contributed by atoms with van der Waals surface area (Å²) in [5.41, 5.74) is 1.38. The minimum atomic E-state index is -0.130. The van der Waals surface area contributed by atoms with Gasteiger partial charge in [-0.2, -0.15) is 0 Å². The van der Waals surface area contributed by atoms with Crippen LogP contribution in [0.25, 0.3) is 0 Å². The van der Waals surface area contributed by atoms with Crippen molar-refractivity contribution in [2.45, 2.75) is 15.6 Å². The Morgan fingerprint density at radius 3 is 2.23 bits per heavy atom. The van der Waals surface area contributed by atoms with E-state index in [2.05, 4.69) is 20.8 Å². The molecule has 9 heteroatoms. The molecule has 1 aromatic carbocycles. The number of hydrogen-bond donors (Lipinski definition) is 2. The van der Waals surface area contributed by atoms with Gasteiger partial charge in [-0.1, -0.05) is 34.9 Å². The van der Waals surface area contributed by atoms with Crippen LogP contribution in [0.3, 0.4) is 0 Å². The molecule has 0 unspecified atom stereocenters. The van der Waals surface area contributed by atoms with Crippen molar-refractivity contribution in [3.05, 3.63) is 24.3 Å². The molecule has 0 aliphatic rings. The van der Waals surface area contributed by atoms with Gasteiger partial charge in [0.05, 0.1) is 5.75 Å². The second-order valence-electron chi connectivity index (χ2n) is 4.13. The van der Waals surface area contributed by atoms with E-state index in [9.17, 15) is 9.59 Å². The van der Waals surface area contributed by atoms with Gasteiger partial charge in [-0.3, -0.25) is 9.59 Å². The standard InChI is InChI=1S/C13H14N4O2S3/c1-8(18)14-9-3-5-10(6-4-9)15-11(19)7-21-13-17-16-12(20-2)22-13/h3-6H,7H2,1-2H3,(H,14,18)(H,15,19). The fourth-order valence-electron chi connectivity index (χ4n) is 1.50. The number of benzene rings is 1. The molecule has 0 atom stereocenters. The van der Waals surface area contributed by atoms with E-state index in [1.54, 1.807) is 24.3 Å². The fraction of sp³-hybridized carbons (Fsp3) is 0.231. The van der Waals surface area contributed by atoms with Crippen LogP contribution in [0.2, 0.25) is 0 Å². The Morgan fingerprint density at radius 1 is 1.09 bits per heavy atom. The molecule has 0 fully saturated rings. The molecule has 0 radical (unpaired) electrons. The molecule has 0 aliphatic heterocycles. The molecule has 2 rings (SSSR count). The molecule has 2 amide bonds. The molecule has 0 saturated carbocycles. The predicted molar refractivity (Wildman–Crippen MR) is 91.8 cm³/mol. The van der Waals surface area contributed by atoms with Crippen LogP contribution in [0.4, 0.5) is 11.4 Å². The lowest BCUT2D eigenvalue weighted by atomic mass is 10.3. The van der Waals surface area contributed by atoms with Gasteiger partial charge < -0.3 is 10.6 Å². The van der Waals surface area contributed by atoms with E-state index < -0.39 is 0 Å². The molecule has 2 aromatic rings. The maximum absolute atomic E-state index is 11.9. The van der Waals surface area contributed by atoms with E-state index in [1.165, 1.54) is 41.8 Å². The quantitative estimate of drug-likeness (QED) is 0.776. The highest BCUT2D eigenvalue weighted by atomic mass is 32.2. The van der Waals surface area contributed by atoms with Gasteiger partial charge in [0.1, 0.15) is 0 Å². The Bertz CT molecular complexity index is 658. The maximum Gasteiger partial charge on any atom is 0.234 e. The molecular formula is C13H14N4O2S3. The molecule has 116 valence electrons. The van der Waals surface area contributed by atoms with Crippen LogP contribution in [0.5, 0.6) is 0 Å². The first-order valence-electron chi connectivity index (χ1n) is 6.24. The number of nitrogens with one attached hydrogen (secondary N) is 2. The lowest BCUT2D eigenvalue weighted by Crippen LogP contribution is -2.14. The van der Waals surface area contributed by atoms with Gasteiger partial charge in [0.15, 0.2) is 8.68 Å².